The Morgan fingerprint density at radius 3 is 2.91 bits per heavy atom. The lowest BCUT2D eigenvalue weighted by molar-refractivity contribution is -0.139. The summed E-state index contributed by atoms with van der Waals surface area (Å²) in [5, 5.41) is 2.80. The van der Waals surface area contributed by atoms with Gasteiger partial charge in [-0.2, -0.15) is 11.8 Å². The van der Waals surface area contributed by atoms with Crippen molar-refractivity contribution in [2.24, 2.45) is 0 Å². The second kappa shape index (κ2) is 7.84. The van der Waals surface area contributed by atoms with Gasteiger partial charge < -0.3 is 10.1 Å². The number of carbonyl (C=O) groups is 2. The van der Waals surface area contributed by atoms with E-state index in [0.29, 0.717) is 11.4 Å². The molecule has 1 aliphatic heterocycles. The van der Waals surface area contributed by atoms with Crippen molar-refractivity contribution in [3.05, 3.63) is 45.9 Å². The fourth-order valence-corrected chi connectivity index (χ4v) is 3.10. The maximum atomic E-state index is 14.2. The summed E-state index contributed by atoms with van der Waals surface area (Å²) >= 11 is 7.65. The molecule has 1 amide bonds. The SMILES string of the molecule is CSCCOC(=O)C1=C(C)NC(=O)C[C@@H]1c1c(F)cccc1Cl. The maximum Gasteiger partial charge on any atom is 0.336 e. The van der Waals surface area contributed by atoms with E-state index in [9.17, 15) is 14.0 Å². The standard InChI is InChI=1S/C16H17ClFNO3S/c1-9-14(16(21)22-6-7-23-2)10(8-13(20)19-9)15-11(17)4-3-5-12(15)18/h3-5,10H,6-8H2,1-2H3,(H,19,20)/t10-/m0/s1. The Kier molecular flexibility index (Phi) is 6.07. The Labute approximate surface area is 143 Å². The van der Waals surface area contributed by atoms with Crippen LogP contribution in [0.3, 0.4) is 0 Å². The first-order chi connectivity index (χ1) is 11.0. The molecule has 0 unspecified atom stereocenters. The first-order valence-corrected chi connectivity index (χ1v) is 8.83. The molecule has 1 aromatic rings. The van der Waals surface area contributed by atoms with E-state index in [2.05, 4.69) is 5.32 Å². The molecule has 0 spiro atoms. The lowest BCUT2D eigenvalue weighted by atomic mass is 9.84. The Morgan fingerprint density at radius 2 is 2.26 bits per heavy atom. The van der Waals surface area contributed by atoms with Crippen molar-refractivity contribution < 1.29 is 18.7 Å². The predicted octanol–water partition coefficient (Wildman–Crippen LogP) is 3.26. The fourth-order valence-electron chi connectivity index (χ4n) is 2.56. The largest absolute Gasteiger partial charge is 0.461 e. The van der Waals surface area contributed by atoms with Crippen LogP contribution in [0.25, 0.3) is 0 Å². The molecule has 1 N–H and O–H groups in total. The van der Waals surface area contributed by atoms with Gasteiger partial charge in [0, 0.05) is 34.4 Å². The number of nitrogens with one attached hydrogen (secondary N) is 1. The highest BCUT2D eigenvalue weighted by atomic mass is 35.5. The van der Waals surface area contributed by atoms with Crippen LogP contribution in [0.2, 0.25) is 5.02 Å². The van der Waals surface area contributed by atoms with Gasteiger partial charge in [-0.25, -0.2) is 9.18 Å². The zero-order valence-electron chi connectivity index (χ0n) is 12.8. The minimum absolute atomic E-state index is 0.0506. The maximum absolute atomic E-state index is 14.2. The third kappa shape index (κ3) is 4.06. The number of halogens is 2. The lowest BCUT2D eigenvalue weighted by Gasteiger charge is -2.27. The number of esters is 1. The zero-order chi connectivity index (χ0) is 17.0. The predicted molar refractivity (Wildman–Crippen MR) is 89.0 cm³/mol. The lowest BCUT2D eigenvalue weighted by Crippen LogP contribution is -2.34. The van der Waals surface area contributed by atoms with Gasteiger partial charge in [-0.15, -0.1) is 0 Å². The van der Waals surface area contributed by atoms with Crippen LogP contribution in [0, 0.1) is 5.82 Å². The smallest absolute Gasteiger partial charge is 0.336 e. The highest BCUT2D eigenvalue weighted by Gasteiger charge is 2.35. The molecule has 0 saturated carbocycles. The monoisotopic (exact) mass is 357 g/mol. The first-order valence-electron chi connectivity index (χ1n) is 7.06. The van der Waals surface area contributed by atoms with E-state index in [4.69, 9.17) is 16.3 Å². The minimum Gasteiger partial charge on any atom is -0.461 e. The Balaban J connectivity index is 2.40. The molecule has 1 heterocycles. The van der Waals surface area contributed by atoms with Gasteiger partial charge in [0.15, 0.2) is 0 Å². The van der Waals surface area contributed by atoms with Crippen molar-refractivity contribution in [2.45, 2.75) is 19.3 Å². The van der Waals surface area contributed by atoms with E-state index in [0.717, 1.165) is 0 Å². The summed E-state index contributed by atoms with van der Waals surface area (Å²) in [6.45, 7) is 1.85. The molecule has 23 heavy (non-hydrogen) atoms. The van der Waals surface area contributed by atoms with Crippen LogP contribution in [0.4, 0.5) is 4.39 Å². The molecule has 4 nitrogen and oxygen atoms in total. The summed E-state index contributed by atoms with van der Waals surface area (Å²) < 4.78 is 19.5. The molecule has 2 rings (SSSR count). The van der Waals surface area contributed by atoms with E-state index < -0.39 is 17.7 Å². The number of allylic oxidation sites excluding steroid dienone is 1. The van der Waals surface area contributed by atoms with E-state index in [1.165, 1.54) is 12.1 Å². The van der Waals surface area contributed by atoms with Gasteiger partial charge in [0.05, 0.1) is 5.57 Å². The van der Waals surface area contributed by atoms with Crippen molar-refractivity contribution in [3.8, 4) is 0 Å². The van der Waals surface area contributed by atoms with Crippen molar-refractivity contribution in [1.82, 2.24) is 5.32 Å². The van der Waals surface area contributed by atoms with Gasteiger partial charge in [0.25, 0.3) is 0 Å². The van der Waals surface area contributed by atoms with E-state index in [-0.39, 0.29) is 35.1 Å². The Hall–Kier alpha value is -1.53. The first kappa shape index (κ1) is 17.8. The molecule has 1 atom stereocenters. The summed E-state index contributed by atoms with van der Waals surface area (Å²) in [5.41, 5.74) is 0.776. The molecule has 1 aromatic carbocycles. The molecule has 0 aromatic heterocycles. The van der Waals surface area contributed by atoms with Gasteiger partial charge in [-0.1, -0.05) is 17.7 Å². The number of rotatable bonds is 5. The summed E-state index contributed by atoms with van der Waals surface area (Å²) in [4.78, 5) is 24.2. The third-order valence-corrected chi connectivity index (χ3v) is 4.46. The normalized spacial score (nSPS) is 17.9. The van der Waals surface area contributed by atoms with E-state index >= 15 is 0 Å². The number of amides is 1. The second-order valence-corrected chi connectivity index (χ2v) is 6.50. The Morgan fingerprint density at radius 1 is 1.52 bits per heavy atom. The quantitative estimate of drug-likeness (QED) is 0.649. The highest BCUT2D eigenvalue weighted by molar-refractivity contribution is 7.98. The Bertz CT molecular complexity index is 642. The number of benzene rings is 1. The molecule has 0 fully saturated rings. The minimum atomic E-state index is -0.751. The van der Waals surface area contributed by atoms with Gasteiger partial charge in [0.1, 0.15) is 12.4 Å². The van der Waals surface area contributed by atoms with Gasteiger partial charge >= 0.3 is 5.97 Å². The molecular weight excluding hydrogens is 341 g/mol. The van der Waals surface area contributed by atoms with E-state index in [1.807, 2.05) is 6.26 Å². The summed E-state index contributed by atoms with van der Waals surface area (Å²) in [6, 6.07) is 4.29. The van der Waals surface area contributed by atoms with Crippen LogP contribution in [-0.2, 0) is 14.3 Å². The van der Waals surface area contributed by atoms with Crippen molar-refractivity contribution in [2.75, 3.05) is 18.6 Å². The second-order valence-electron chi connectivity index (χ2n) is 5.11. The van der Waals surface area contributed by atoms with Crippen LogP contribution >= 0.6 is 23.4 Å². The van der Waals surface area contributed by atoms with Gasteiger partial charge in [0.2, 0.25) is 5.91 Å². The highest BCUT2D eigenvalue weighted by Crippen LogP contribution is 2.38. The molecular formula is C16H17ClFNO3S. The topological polar surface area (TPSA) is 55.4 Å². The molecule has 0 bridgehead atoms. The molecule has 0 aliphatic carbocycles. The zero-order valence-corrected chi connectivity index (χ0v) is 14.4. The van der Waals surface area contributed by atoms with Crippen LogP contribution in [-0.4, -0.2) is 30.5 Å². The average molecular weight is 358 g/mol. The summed E-state index contributed by atoms with van der Waals surface area (Å²) in [7, 11) is 0. The number of thioether (sulfide) groups is 1. The third-order valence-electron chi connectivity index (χ3n) is 3.56. The van der Waals surface area contributed by atoms with Crippen molar-refractivity contribution in [1.29, 1.82) is 0 Å². The van der Waals surface area contributed by atoms with Crippen LogP contribution in [0.15, 0.2) is 29.5 Å². The number of hydrogen-bond acceptors (Lipinski definition) is 4. The number of carbonyl (C=O) groups excluding carboxylic acids is 2. The average Bonchev–Trinajstić information content (AvgIpc) is 2.46. The summed E-state index contributed by atoms with van der Waals surface area (Å²) in [5.74, 6) is -1.47. The molecule has 1 aliphatic rings. The van der Waals surface area contributed by atoms with Crippen LogP contribution in [0.5, 0.6) is 0 Å². The van der Waals surface area contributed by atoms with Gasteiger partial charge in [-0.05, 0) is 25.3 Å². The van der Waals surface area contributed by atoms with Crippen LogP contribution < -0.4 is 5.32 Å². The van der Waals surface area contributed by atoms with Crippen molar-refractivity contribution >= 4 is 35.2 Å². The molecule has 0 saturated heterocycles. The van der Waals surface area contributed by atoms with Crippen molar-refractivity contribution in [3.63, 3.8) is 0 Å². The molecule has 124 valence electrons. The van der Waals surface area contributed by atoms with Crippen LogP contribution in [0.1, 0.15) is 24.8 Å². The van der Waals surface area contributed by atoms with E-state index in [1.54, 1.807) is 24.8 Å². The van der Waals surface area contributed by atoms with Gasteiger partial charge in [-0.3, -0.25) is 4.79 Å². The number of ether oxygens (including phenoxy) is 1. The fraction of sp³-hybridized carbons (Fsp3) is 0.375. The molecule has 7 heteroatoms. The number of hydrogen-bond donors (Lipinski definition) is 1. The molecule has 0 radical (unpaired) electrons. The summed E-state index contributed by atoms with van der Waals surface area (Å²) in [6.07, 6.45) is 1.85.